The van der Waals surface area contributed by atoms with Gasteiger partial charge in [-0.05, 0) is 38.2 Å². The second-order valence-electron chi connectivity index (χ2n) is 5.56. The topological polar surface area (TPSA) is 66.9 Å². The van der Waals surface area contributed by atoms with E-state index in [9.17, 15) is 8.42 Å². The van der Waals surface area contributed by atoms with E-state index in [0.717, 1.165) is 17.3 Å². The summed E-state index contributed by atoms with van der Waals surface area (Å²) < 4.78 is 27.7. The molecule has 21 heavy (non-hydrogen) atoms. The highest BCUT2D eigenvalue weighted by molar-refractivity contribution is 7.88. The molecule has 1 heterocycles. The van der Waals surface area contributed by atoms with E-state index in [1.54, 1.807) is 30.5 Å². The Morgan fingerprint density at radius 2 is 1.90 bits per heavy atom. The second-order valence-corrected chi connectivity index (χ2v) is 8.51. The fourth-order valence-corrected chi connectivity index (χ4v) is 3.90. The Morgan fingerprint density at radius 3 is 2.48 bits per heavy atom. The quantitative estimate of drug-likeness (QED) is 0.814. The summed E-state index contributed by atoms with van der Waals surface area (Å²) in [6.07, 6.45) is 1.12. The number of aromatic amines is 1. The van der Waals surface area contributed by atoms with Crippen LogP contribution in [0, 0.1) is 4.77 Å². The number of nitrogens with one attached hydrogen (secondary N) is 2. The van der Waals surface area contributed by atoms with Gasteiger partial charge in [-0.2, -0.15) is 0 Å². The summed E-state index contributed by atoms with van der Waals surface area (Å²) in [5.41, 5.74) is 0.829. The smallest absolute Gasteiger partial charge is 0.209 e. The summed E-state index contributed by atoms with van der Waals surface area (Å²) in [6.45, 7) is 3.93. The average molecular weight is 368 g/mol. The van der Waals surface area contributed by atoms with Crippen LogP contribution in [-0.4, -0.2) is 29.8 Å². The summed E-state index contributed by atoms with van der Waals surface area (Å²) in [5, 5.41) is 0.849. The molecule has 116 valence electrons. The van der Waals surface area contributed by atoms with Gasteiger partial charge in [0.2, 0.25) is 10.0 Å². The van der Waals surface area contributed by atoms with Crippen LogP contribution in [0.5, 0.6) is 0 Å². The molecule has 0 spiro atoms. The van der Waals surface area contributed by atoms with E-state index in [-0.39, 0.29) is 0 Å². The Balaban J connectivity index is 2.50. The van der Waals surface area contributed by atoms with E-state index >= 15 is 0 Å². The molecule has 9 heteroatoms. The van der Waals surface area contributed by atoms with Crippen molar-refractivity contribution in [3.63, 3.8) is 0 Å². The summed E-state index contributed by atoms with van der Waals surface area (Å²) in [7, 11) is -3.32. The van der Waals surface area contributed by atoms with Gasteiger partial charge in [0.15, 0.2) is 4.77 Å². The van der Waals surface area contributed by atoms with Gasteiger partial charge in [-0.1, -0.05) is 23.2 Å². The third-order valence-corrected chi connectivity index (χ3v) is 4.80. The summed E-state index contributed by atoms with van der Waals surface area (Å²) in [4.78, 5) is 3.04. The Morgan fingerprint density at radius 1 is 1.33 bits per heavy atom. The zero-order chi connectivity index (χ0) is 16.0. The van der Waals surface area contributed by atoms with Gasteiger partial charge in [0, 0.05) is 12.1 Å². The Bertz CT molecular complexity index is 853. The number of imidazole rings is 1. The number of rotatable bonds is 4. The predicted octanol–water partition coefficient (Wildman–Crippen LogP) is 3.33. The highest BCUT2D eigenvalue weighted by atomic mass is 35.5. The van der Waals surface area contributed by atoms with E-state index in [1.165, 1.54) is 0 Å². The highest BCUT2D eigenvalue weighted by Gasteiger charge is 2.24. The van der Waals surface area contributed by atoms with Gasteiger partial charge in [0.05, 0.1) is 27.3 Å². The lowest BCUT2D eigenvalue weighted by Crippen LogP contribution is -2.46. The number of fused-ring (bicyclic) bond motifs is 1. The molecule has 0 radical (unpaired) electrons. The van der Waals surface area contributed by atoms with Gasteiger partial charge in [-0.25, -0.2) is 13.1 Å². The molecule has 1 aromatic heterocycles. The molecule has 0 bridgehead atoms. The SMILES string of the molecule is CC(C)(Cn1c(=S)[nH]c2cc(Cl)c(Cl)cc21)NS(C)(=O)=O. The lowest BCUT2D eigenvalue weighted by atomic mass is 10.1. The molecule has 0 saturated carbocycles. The number of halogens is 2. The zero-order valence-corrected chi connectivity index (χ0v) is 14.8. The Kier molecular flexibility index (Phi) is 4.43. The molecule has 0 atom stereocenters. The van der Waals surface area contributed by atoms with Crippen LogP contribution in [-0.2, 0) is 16.6 Å². The first kappa shape index (κ1) is 16.8. The minimum Gasteiger partial charge on any atom is -0.331 e. The van der Waals surface area contributed by atoms with Crippen molar-refractivity contribution in [2.75, 3.05) is 6.26 Å². The monoisotopic (exact) mass is 367 g/mol. The van der Waals surface area contributed by atoms with Crippen molar-refractivity contribution in [3.8, 4) is 0 Å². The number of hydrogen-bond donors (Lipinski definition) is 2. The van der Waals surface area contributed by atoms with Gasteiger partial charge >= 0.3 is 0 Å². The molecule has 2 N–H and O–H groups in total. The molecule has 0 unspecified atom stereocenters. The molecule has 0 saturated heterocycles. The lowest BCUT2D eigenvalue weighted by molar-refractivity contribution is 0.394. The van der Waals surface area contributed by atoms with Crippen molar-refractivity contribution < 1.29 is 8.42 Å². The Hall–Kier alpha value is -0.600. The third kappa shape index (κ3) is 3.98. The van der Waals surface area contributed by atoms with Crippen LogP contribution in [0.15, 0.2) is 12.1 Å². The van der Waals surface area contributed by atoms with Gasteiger partial charge in [0.1, 0.15) is 0 Å². The number of benzene rings is 1. The van der Waals surface area contributed by atoms with Crippen LogP contribution in [0.25, 0.3) is 11.0 Å². The number of H-pyrrole nitrogens is 1. The molecular weight excluding hydrogens is 353 g/mol. The van der Waals surface area contributed by atoms with Crippen LogP contribution in [0.2, 0.25) is 10.0 Å². The third-order valence-electron chi connectivity index (χ3n) is 2.83. The average Bonchev–Trinajstić information content (AvgIpc) is 2.53. The van der Waals surface area contributed by atoms with E-state index in [4.69, 9.17) is 35.4 Å². The van der Waals surface area contributed by atoms with Crippen LogP contribution < -0.4 is 4.72 Å². The lowest BCUT2D eigenvalue weighted by Gasteiger charge is -2.25. The van der Waals surface area contributed by atoms with E-state index in [1.807, 2.05) is 0 Å². The minimum absolute atomic E-state index is 0.358. The molecule has 2 aromatic rings. The van der Waals surface area contributed by atoms with Crippen molar-refractivity contribution >= 4 is 56.5 Å². The van der Waals surface area contributed by atoms with E-state index in [0.29, 0.717) is 21.4 Å². The highest BCUT2D eigenvalue weighted by Crippen LogP contribution is 2.28. The minimum atomic E-state index is -3.32. The molecule has 1 aromatic carbocycles. The number of hydrogen-bond acceptors (Lipinski definition) is 3. The number of nitrogens with zero attached hydrogens (tertiary/aromatic N) is 1. The van der Waals surface area contributed by atoms with Crippen LogP contribution in [0.4, 0.5) is 0 Å². The standard InChI is InChI=1S/C12H15Cl2N3O2S2/c1-12(2,16-21(3,18)19)6-17-10-5-8(14)7(13)4-9(10)15-11(17)20/h4-5,16H,6H2,1-3H3,(H,15,20). The first-order chi connectivity index (χ1) is 9.48. The predicted molar refractivity (Wildman–Crippen MR) is 89.2 cm³/mol. The van der Waals surface area contributed by atoms with Crippen molar-refractivity contribution in [1.29, 1.82) is 0 Å². The molecular formula is C12H15Cl2N3O2S2. The van der Waals surface area contributed by atoms with Gasteiger partial charge in [-0.15, -0.1) is 0 Å². The zero-order valence-electron chi connectivity index (χ0n) is 11.7. The largest absolute Gasteiger partial charge is 0.331 e. The van der Waals surface area contributed by atoms with Crippen molar-refractivity contribution in [1.82, 2.24) is 14.3 Å². The first-order valence-corrected chi connectivity index (χ1v) is 9.11. The Labute approximate surface area is 138 Å². The van der Waals surface area contributed by atoms with Gasteiger partial charge in [0.25, 0.3) is 0 Å². The van der Waals surface area contributed by atoms with E-state index < -0.39 is 15.6 Å². The molecule has 0 aliphatic rings. The fraction of sp³-hybridized carbons (Fsp3) is 0.417. The molecule has 2 rings (SSSR count). The molecule has 0 fully saturated rings. The molecule has 0 aliphatic heterocycles. The van der Waals surface area contributed by atoms with Crippen LogP contribution in [0.1, 0.15) is 13.8 Å². The maximum Gasteiger partial charge on any atom is 0.209 e. The maximum absolute atomic E-state index is 11.4. The molecule has 0 aliphatic carbocycles. The van der Waals surface area contributed by atoms with Gasteiger partial charge < -0.3 is 9.55 Å². The normalized spacial score (nSPS) is 13.0. The maximum atomic E-state index is 11.4. The van der Waals surface area contributed by atoms with Crippen molar-refractivity contribution in [2.24, 2.45) is 0 Å². The second kappa shape index (κ2) is 5.55. The van der Waals surface area contributed by atoms with Crippen LogP contribution >= 0.6 is 35.4 Å². The van der Waals surface area contributed by atoms with Crippen molar-refractivity contribution in [2.45, 2.75) is 25.9 Å². The van der Waals surface area contributed by atoms with Gasteiger partial charge in [-0.3, -0.25) is 0 Å². The molecule has 5 nitrogen and oxygen atoms in total. The number of sulfonamides is 1. The van der Waals surface area contributed by atoms with Crippen molar-refractivity contribution in [3.05, 3.63) is 26.9 Å². The fourth-order valence-electron chi connectivity index (χ4n) is 2.24. The van der Waals surface area contributed by atoms with Crippen LogP contribution in [0.3, 0.4) is 0 Å². The first-order valence-electron chi connectivity index (χ1n) is 6.05. The number of aromatic nitrogens is 2. The molecule has 0 amide bonds. The summed E-state index contributed by atoms with van der Waals surface area (Å²) in [5.74, 6) is 0. The van der Waals surface area contributed by atoms with E-state index in [2.05, 4.69) is 9.71 Å². The summed E-state index contributed by atoms with van der Waals surface area (Å²) in [6, 6.07) is 3.41. The summed E-state index contributed by atoms with van der Waals surface area (Å²) >= 11 is 17.3.